The van der Waals surface area contributed by atoms with Gasteiger partial charge < -0.3 is 30.6 Å². The Morgan fingerprint density at radius 2 is 1.81 bits per heavy atom. The van der Waals surface area contributed by atoms with Crippen molar-refractivity contribution in [2.24, 2.45) is 0 Å². The average Bonchev–Trinajstić information content (AvgIpc) is 2.47. The van der Waals surface area contributed by atoms with Crippen molar-refractivity contribution >= 4 is 17.7 Å². The van der Waals surface area contributed by atoms with Gasteiger partial charge in [-0.1, -0.05) is 23.7 Å². The van der Waals surface area contributed by atoms with E-state index in [9.17, 15) is 25.5 Å². The Hall–Kier alpha value is -1.15. The van der Waals surface area contributed by atoms with E-state index in [-0.39, 0.29) is 0 Å². The summed E-state index contributed by atoms with van der Waals surface area (Å²) in [4.78, 5) is 0. The molecule has 0 saturated heterocycles. The molecule has 0 spiro atoms. The number of hydrogen-bond donors (Lipinski definition) is 6. The molecule has 7 heteroatoms. The van der Waals surface area contributed by atoms with Gasteiger partial charge >= 0.3 is 0 Å². The Labute approximate surface area is 127 Å². The third-order valence-electron chi connectivity index (χ3n) is 3.07. The summed E-state index contributed by atoms with van der Waals surface area (Å²) in [7, 11) is 0. The van der Waals surface area contributed by atoms with Gasteiger partial charge in [-0.05, 0) is 30.2 Å². The van der Waals surface area contributed by atoms with E-state index in [1.54, 1.807) is 25.1 Å². The highest BCUT2D eigenvalue weighted by molar-refractivity contribution is 6.31. The first-order chi connectivity index (χ1) is 9.77. The first kappa shape index (κ1) is 17.9. The predicted octanol–water partition coefficient (Wildman–Crippen LogP) is -0.0168. The van der Waals surface area contributed by atoms with E-state index in [1.807, 2.05) is 0 Å². The van der Waals surface area contributed by atoms with E-state index in [0.29, 0.717) is 10.6 Å². The summed E-state index contributed by atoms with van der Waals surface area (Å²) in [6.07, 6.45) is -5.93. The molecule has 1 rings (SSSR count). The molecular weight excluding hydrogens is 300 g/mol. The largest absolute Gasteiger partial charge is 0.509 e. The third-order valence-corrected chi connectivity index (χ3v) is 3.48. The van der Waals surface area contributed by atoms with Crippen molar-refractivity contribution in [3.8, 4) is 0 Å². The van der Waals surface area contributed by atoms with Crippen LogP contribution in [0.1, 0.15) is 11.1 Å². The van der Waals surface area contributed by atoms with Crippen LogP contribution in [0.4, 0.5) is 0 Å². The number of hydrogen-bond acceptors (Lipinski definition) is 6. The molecule has 0 aromatic heterocycles. The van der Waals surface area contributed by atoms with Crippen molar-refractivity contribution in [3.05, 3.63) is 40.1 Å². The molecule has 4 unspecified atom stereocenters. The average molecular weight is 319 g/mol. The lowest BCUT2D eigenvalue weighted by Crippen LogP contribution is -2.46. The molecule has 0 amide bonds. The summed E-state index contributed by atoms with van der Waals surface area (Å²) in [5.41, 5.74) is 1.34. The van der Waals surface area contributed by atoms with Crippen LogP contribution in [-0.2, 0) is 0 Å². The maximum absolute atomic E-state index is 9.76. The molecule has 1 aromatic carbocycles. The van der Waals surface area contributed by atoms with Gasteiger partial charge in [-0.25, -0.2) is 0 Å². The Kier molecular flexibility index (Phi) is 6.60. The highest BCUT2D eigenvalue weighted by atomic mass is 35.5. The van der Waals surface area contributed by atoms with Crippen molar-refractivity contribution in [1.82, 2.24) is 0 Å². The van der Waals surface area contributed by atoms with Crippen LogP contribution in [0.25, 0.3) is 6.08 Å². The van der Waals surface area contributed by atoms with Crippen LogP contribution in [0.15, 0.2) is 24.0 Å². The number of aliphatic hydroxyl groups is 6. The number of aryl methyl sites for hydroxylation is 1. The molecular formula is C14H19ClO6. The van der Waals surface area contributed by atoms with Crippen LogP contribution in [0.2, 0.25) is 5.02 Å². The predicted molar refractivity (Wildman–Crippen MR) is 77.9 cm³/mol. The Morgan fingerprint density at radius 1 is 1.19 bits per heavy atom. The van der Waals surface area contributed by atoms with E-state index >= 15 is 0 Å². The molecule has 0 heterocycles. The van der Waals surface area contributed by atoms with Crippen molar-refractivity contribution in [3.63, 3.8) is 0 Å². The van der Waals surface area contributed by atoms with Gasteiger partial charge in [-0.3, -0.25) is 0 Å². The minimum Gasteiger partial charge on any atom is -0.509 e. The molecule has 0 saturated carbocycles. The summed E-state index contributed by atoms with van der Waals surface area (Å²) in [6, 6.07) is 4.93. The topological polar surface area (TPSA) is 121 Å². The first-order valence-electron chi connectivity index (χ1n) is 6.27. The maximum atomic E-state index is 9.76. The van der Waals surface area contributed by atoms with E-state index in [4.69, 9.17) is 16.7 Å². The molecule has 118 valence electrons. The second-order valence-corrected chi connectivity index (χ2v) is 5.16. The lowest BCUT2D eigenvalue weighted by Gasteiger charge is -2.25. The lowest BCUT2D eigenvalue weighted by atomic mass is 10.0. The summed E-state index contributed by atoms with van der Waals surface area (Å²) in [6.45, 7) is 1.02. The number of rotatable bonds is 6. The minimum absolute atomic E-state index is 0.474. The van der Waals surface area contributed by atoms with Crippen LogP contribution in [0, 0.1) is 6.92 Å². The van der Waals surface area contributed by atoms with Gasteiger partial charge in [0.2, 0.25) is 0 Å². The molecule has 0 bridgehead atoms. The molecule has 21 heavy (non-hydrogen) atoms. The van der Waals surface area contributed by atoms with E-state index in [2.05, 4.69) is 0 Å². The van der Waals surface area contributed by atoms with E-state index < -0.39 is 36.8 Å². The first-order valence-corrected chi connectivity index (χ1v) is 6.65. The second kappa shape index (κ2) is 7.74. The van der Waals surface area contributed by atoms with Gasteiger partial charge in [0, 0.05) is 5.02 Å². The maximum Gasteiger partial charge on any atom is 0.139 e. The molecule has 0 radical (unpaired) electrons. The van der Waals surface area contributed by atoms with Crippen LogP contribution in [0.5, 0.6) is 0 Å². The SMILES string of the molecule is Cc1ccc(C=C(O)C(O)C(O)C(O)C(O)CO)cc1Cl. The van der Waals surface area contributed by atoms with Gasteiger partial charge in [0.25, 0.3) is 0 Å². The normalized spacial score (nSPS) is 18.1. The summed E-state index contributed by atoms with van der Waals surface area (Å²) < 4.78 is 0. The number of halogens is 1. The fourth-order valence-corrected chi connectivity index (χ4v) is 1.84. The van der Waals surface area contributed by atoms with Gasteiger partial charge in [0.15, 0.2) is 0 Å². The van der Waals surface area contributed by atoms with E-state index in [0.717, 1.165) is 5.56 Å². The Bertz CT molecular complexity index is 504. The third kappa shape index (κ3) is 4.67. The van der Waals surface area contributed by atoms with Gasteiger partial charge in [0.05, 0.1) is 6.61 Å². The zero-order valence-electron chi connectivity index (χ0n) is 11.4. The molecule has 6 N–H and O–H groups in total. The molecule has 0 aliphatic heterocycles. The van der Waals surface area contributed by atoms with Crippen molar-refractivity contribution in [2.45, 2.75) is 31.3 Å². The molecule has 0 aliphatic rings. The summed E-state index contributed by atoms with van der Waals surface area (Å²) in [5.74, 6) is -0.605. The molecule has 1 aromatic rings. The van der Waals surface area contributed by atoms with Gasteiger partial charge in [0.1, 0.15) is 30.2 Å². The number of aliphatic hydroxyl groups excluding tert-OH is 6. The van der Waals surface area contributed by atoms with Crippen LogP contribution in [0.3, 0.4) is 0 Å². The van der Waals surface area contributed by atoms with Crippen molar-refractivity contribution in [2.75, 3.05) is 6.61 Å². The standard InChI is InChI=1S/C14H19ClO6/c1-7-2-3-8(4-9(7)15)5-10(17)12(19)14(21)13(20)11(18)6-16/h2-5,11-14,16-21H,6H2,1H3. The number of benzene rings is 1. The minimum atomic E-state index is -1.86. The summed E-state index contributed by atoms with van der Waals surface area (Å²) >= 11 is 5.93. The van der Waals surface area contributed by atoms with Gasteiger partial charge in [-0.2, -0.15) is 0 Å². The van der Waals surface area contributed by atoms with Crippen LogP contribution >= 0.6 is 11.6 Å². The zero-order chi connectivity index (χ0) is 16.2. The zero-order valence-corrected chi connectivity index (χ0v) is 12.1. The van der Waals surface area contributed by atoms with Crippen molar-refractivity contribution in [1.29, 1.82) is 0 Å². The van der Waals surface area contributed by atoms with Crippen molar-refractivity contribution < 1.29 is 30.6 Å². The molecule has 0 fully saturated rings. The van der Waals surface area contributed by atoms with Crippen LogP contribution < -0.4 is 0 Å². The van der Waals surface area contributed by atoms with Gasteiger partial charge in [-0.15, -0.1) is 0 Å². The smallest absolute Gasteiger partial charge is 0.139 e. The monoisotopic (exact) mass is 318 g/mol. The Balaban J connectivity index is 2.87. The lowest BCUT2D eigenvalue weighted by molar-refractivity contribution is -0.112. The van der Waals surface area contributed by atoms with E-state index in [1.165, 1.54) is 6.08 Å². The molecule has 4 atom stereocenters. The van der Waals surface area contributed by atoms with Crippen LogP contribution in [-0.4, -0.2) is 61.7 Å². The fourth-order valence-electron chi connectivity index (χ4n) is 1.65. The Morgan fingerprint density at radius 3 is 2.33 bits per heavy atom. The fraction of sp³-hybridized carbons (Fsp3) is 0.429. The molecule has 6 nitrogen and oxygen atoms in total. The molecule has 0 aliphatic carbocycles. The highest BCUT2D eigenvalue weighted by Gasteiger charge is 2.32. The summed E-state index contributed by atoms with van der Waals surface area (Å²) in [5, 5.41) is 56.9. The highest BCUT2D eigenvalue weighted by Crippen LogP contribution is 2.20. The quantitative estimate of drug-likeness (QED) is 0.410. The second-order valence-electron chi connectivity index (χ2n) is 4.75.